The number of para-hydroxylation sites is 1. The molecule has 0 saturated heterocycles. The smallest absolute Gasteiger partial charge is 0.305 e. The molecule has 128 valence electrons. The molecule has 3 nitrogen and oxygen atoms in total. The molecule has 0 N–H and O–H groups in total. The monoisotopic (exact) mass is 318 g/mol. The van der Waals surface area contributed by atoms with Gasteiger partial charge in [0.2, 0.25) is 0 Å². The first-order valence-electron chi connectivity index (χ1n) is 8.68. The number of ether oxygens (including phenoxy) is 2. The number of allylic oxidation sites excluding steroid dienone is 1. The van der Waals surface area contributed by atoms with Crippen molar-refractivity contribution in [2.75, 3.05) is 13.2 Å². The van der Waals surface area contributed by atoms with Gasteiger partial charge < -0.3 is 9.47 Å². The number of rotatable bonds is 11. The van der Waals surface area contributed by atoms with Crippen molar-refractivity contribution in [3.05, 3.63) is 42.0 Å². The Bertz CT molecular complexity index is 465. The summed E-state index contributed by atoms with van der Waals surface area (Å²) in [5.41, 5.74) is 1.20. The molecule has 0 radical (unpaired) electrons. The Morgan fingerprint density at radius 1 is 1.22 bits per heavy atom. The molecule has 0 aliphatic carbocycles. The lowest BCUT2D eigenvalue weighted by Gasteiger charge is -2.12. The Hall–Kier alpha value is -1.77. The number of carbonyl (C=O) groups excluding carboxylic acids is 1. The van der Waals surface area contributed by atoms with E-state index in [1.54, 1.807) is 0 Å². The lowest BCUT2D eigenvalue weighted by atomic mass is 10.0. The second-order valence-corrected chi connectivity index (χ2v) is 5.87. The highest BCUT2D eigenvalue weighted by Crippen LogP contribution is 2.15. The Kier molecular flexibility index (Phi) is 9.85. The molecule has 1 aromatic carbocycles. The number of benzene rings is 1. The lowest BCUT2D eigenvalue weighted by Crippen LogP contribution is -2.08. The fourth-order valence-corrected chi connectivity index (χ4v) is 2.43. The van der Waals surface area contributed by atoms with E-state index in [0.29, 0.717) is 25.6 Å². The van der Waals surface area contributed by atoms with E-state index in [0.717, 1.165) is 31.4 Å². The van der Waals surface area contributed by atoms with Crippen molar-refractivity contribution in [3.8, 4) is 5.75 Å². The number of esters is 1. The Morgan fingerprint density at radius 3 is 2.61 bits per heavy atom. The average molecular weight is 318 g/mol. The van der Waals surface area contributed by atoms with Crippen LogP contribution >= 0.6 is 0 Å². The third kappa shape index (κ3) is 9.07. The van der Waals surface area contributed by atoms with Crippen LogP contribution in [0.25, 0.3) is 0 Å². The predicted molar refractivity (Wildman–Crippen MR) is 94.6 cm³/mol. The lowest BCUT2D eigenvalue weighted by molar-refractivity contribution is -0.142. The van der Waals surface area contributed by atoms with E-state index in [9.17, 15) is 4.79 Å². The van der Waals surface area contributed by atoms with Crippen molar-refractivity contribution in [2.45, 2.75) is 52.9 Å². The third-order valence-corrected chi connectivity index (χ3v) is 3.63. The number of hydrogen-bond donors (Lipinski definition) is 0. The van der Waals surface area contributed by atoms with Crippen molar-refractivity contribution >= 4 is 5.97 Å². The molecule has 0 aliphatic heterocycles. The van der Waals surface area contributed by atoms with Crippen LogP contribution in [-0.4, -0.2) is 19.2 Å². The van der Waals surface area contributed by atoms with Gasteiger partial charge >= 0.3 is 5.97 Å². The Labute approximate surface area is 140 Å². The zero-order valence-electron chi connectivity index (χ0n) is 14.7. The van der Waals surface area contributed by atoms with Gasteiger partial charge in [-0.1, -0.05) is 51.5 Å². The van der Waals surface area contributed by atoms with Crippen LogP contribution in [0.2, 0.25) is 0 Å². The Morgan fingerprint density at radius 2 is 1.96 bits per heavy atom. The summed E-state index contributed by atoms with van der Waals surface area (Å²) in [5.74, 6) is 1.28. The van der Waals surface area contributed by atoms with E-state index < -0.39 is 0 Å². The van der Waals surface area contributed by atoms with Gasteiger partial charge in [-0.05, 0) is 42.9 Å². The largest absolute Gasteiger partial charge is 0.494 e. The van der Waals surface area contributed by atoms with Crippen LogP contribution in [0.1, 0.15) is 52.9 Å². The van der Waals surface area contributed by atoms with Crippen molar-refractivity contribution in [1.82, 2.24) is 0 Å². The molecule has 0 fully saturated rings. The van der Waals surface area contributed by atoms with Gasteiger partial charge in [0.25, 0.3) is 0 Å². The molecule has 0 aromatic heterocycles. The molecule has 0 saturated carbocycles. The maximum absolute atomic E-state index is 11.4. The minimum absolute atomic E-state index is 0.139. The van der Waals surface area contributed by atoms with E-state index in [1.165, 1.54) is 5.57 Å². The van der Waals surface area contributed by atoms with Gasteiger partial charge in [0.15, 0.2) is 0 Å². The molecule has 1 unspecified atom stereocenters. The van der Waals surface area contributed by atoms with E-state index >= 15 is 0 Å². The minimum atomic E-state index is -0.139. The quantitative estimate of drug-likeness (QED) is 0.321. The van der Waals surface area contributed by atoms with Crippen molar-refractivity contribution in [3.63, 3.8) is 0 Å². The fraction of sp³-hybridized carbons (Fsp3) is 0.550. The maximum Gasteiger partial charge on any atom is 0.305 e. The summed E-state index contributed by atoms with van der Waals surface area (Å²) in [6.07, 6.45) is 6.83. The van der Waals surface area contributed by atoms with E-state index in [4.69, 9.17) is 9.47 Å². The van der Waals surface area contributed by atoms with Gasteiger partial charge in [-0.25, -0.2) is 0 Å². The predicted octanol–water partition coefficient (Wildman–Crippen LogP) is 5.16. The zero-order valence-corrected chi connectivity index (χ0v) is 14.7. The van der Waals surface area contributed by atoms with Gasteiger partial charge in [-0.2, -0.15) is 0 Å². The van der Waals surface area contributed by atoms with Crippen molar-refractivity contribution < 1.29 is 14.3 Å². The summed E-state index contributed by atoms with van der Waals surface area (Å²) in [7, 11) is 0. The molecule has 1 rings (SSSR count). The maximum atomic E-state index is 11.4. The number of carbonyl (C=O) groups is 1. The minimum Gasteiger partial charge on any atom is -0.494 e. The van der Waals surface area contributed by atoms with Gasteiger partial charge in [0.1, 0.15) is 12.4 Å². The first kappa shape index (κ1) is 19.3. The van der Waals surface area contributed by atoms with Gasteiger partial charge in [0, 0.05) is 6.42 Å². The molecule has 1 aromatic rings. The SMILES string of the molecule is CCCC(C)/C=C(/CCCOc1ccccc1)COC(=O)CC. The molecular weight excluding hydrogens is 288 g/mol. The zero-order chi connectivity index (χ0) is 16.9. The van der Waals surface area contributed by atoms with E-state index in [2.05, 4.69) is 19.9 Å². The summed E-state index contributed by atoms with van der Waals surface area (Å²) in [5, 5.41) is 0. The van der Waals surface area contributed by atoms with Crippen molar-refractivity contribution in [1.29, 1.82) is 0 Å². The van der Waals surface area contributed by atoms with Crippen LogP contribution in [0, 0.1) is 5.92 Å². The molecule has 0 bridgehead atoms. The van der Waals surface area contributed by atoms with Crippen LogP contribution in [-0.2, 0) is 9.53 Å². The fourth-order valence-electron chi connectivity index (χ4n) is 2.43. The topological polar surface area (TPSA) is 35.5 Å². The van der Waals surface area contributed by atoms with Crippen molar-refractivity contribution in [2.24, 2.45) is 5.92 Å². The molecule has 0 amide bonds. The molecule has 0 spiro atoms. The standard InChI is InChI=1S/C20H30O3/c1-4-10-17(3)15-18(16-23-20(21)5-2)11-9-14-22-19-12-7-6-8-13-19/h6-8,12-13,15,17H,4-5,9-11,14,16H2,1-3H3/b18-15-. The van der Waals surface area contributed by atoms with Crippen LogP contribution in [0.3, 0.4) is 0 Å². The molecule has 0 aliphatic rings. The summed E-state index contributed by atoms with van der Waals surface area (Å²) in [6.45, 7) is 7.30. The second-order valence-electron chi connectivity index (χ2n) is 5.87. The average Bonchev–Trinajstić information content (AvgIpc) is 2.57. The molecule has 0 heterocycles. The van der Waals surface area contributed by atoms with Crippen LogP contribution in [0.15, 0.2) is 42.0 Å². The highest BCUT2D eigenvalue weighted by molar-refractivity contribution is 5.69. The second kappa shape index (κ2) is 11.8. The highest BCUT2D eigenvalue weighted by atomic mass is 16.5. The third-order valence-electron chi connectivity index (χ3n) is 3.63. The summed E-state index contributed by atoms with van der Waals surface area (Å²) >= 11 is 0. The molecular formula is C20H30O3. The van der Waals surface area contributed by atoms with Gasteiger partial charge in [-0.3, -0.25) is 4.79 Å². The van der Waals surface area contributed by atoms with E-state index in [-0.39, 0.29) is 5.97 Å². The van der Waals surface area contributed by atoms with Crippen LogP contribution in [0.4, 0.5) is 0 Å². The van der Waals surface area contributed by atoms with Crippen LogP contribution < -0.4 is 4.74 Å². The van der Waals surface area contributed by atoms with Gasteiger partial charge in [0.05, 0.1) is 6.61 Å². The Balaban J connectivity index is 2.43. The molecule has 23 heavy (non-hydrogen) atoms. The normalized spacial score (nSPS) is 12.7. The van der Waals surface area contributed by atoms with E-state index in [1.807, 2.05) is 37.3 Å². The molecule has 1 atom stereocenters. The molecule has 3 heteroatoms. The highest BCUT2D eigenvalue weighted by Gasteiger charge is 2.06. The summed E-state index contributed by atoms with van der Waals surface area (Å²) in [6, 6.07) is 9.84. The number of hydrogen-bond acceptors (Lipinski definition) is 3. The first-order valence-corrected chi connectivity index (χ1v) is 8.68. The van der Waals surface area contributed by atoms with Gasteiger partial charge in [-0.15, -0.1) is 0 Å². The summed E-state index contributed by atoms with van der Waals surface area (Å²) < 4.78 is 11.0. The van der Waals surface area contributed by atoms with Crippen LogP contribution in [0.5, 0.6) is 5.75 Å². The summed E-state index contributed by atoms with van der Waals surface area (Å²) in [4.78, 5) is 11.4. The first-order chi connectivity index (χ1) is 11.2.